The van der Waals surface area contributed by atoms with E-state index in [2.05, 4.69) is 25.9 Å². The van der Waals surface area contributed by atoms with Crippen LogP contribution in [0.15, 0.2) is 109 Å². The third-order valence-electron chi connectivity index (χ3n) is 9.44. The molecule has 8 rings (SSSR count). The third-order valence-corrected chi connectivity index (χ3v) is 9.44. The van der Waals surface area contributed by atoms with Gasteiger partial charge >= 0.3 is 6.09 Å². The quantitative estimate of drug-likeness (QED) is 0.0926. The Kier molecular flexibility index (Phi) is 17.2. The molecular formula is C45H39ClF6N6O7. The minimum atomic E-state index is -1.16. The predicted molar refractivity (Wildman–Crippen MR) is 226 cm³/mol. The Morgan fingerprint density at radius 1 is 0.646 bits per heavy atom. The van der Waals surface area contributed by atoms with Crippen molar-refractivity contribution >= 4 is 41.7 Å². The lowest BCUT2D eigenvalue weighted by Crippen LogP contribution is -2.33. The molecular weight excluding hydrogens is 886 g/mol. The molecule has 0 spiro atoms. The second-order valence-corrected chi connectivity index (χ2v) is 13.8. The number of benzene rings is 4. The summed E-state index contributed by atoms with van der Waals surface area (Å²) in [6, 6.07) is 20.4. The Balaban J connectivity index is 0.000000214. The van der Waals surface area contributed by atoms with Crippen molar-refractivity contribution in [1.29, 1.82) is 0 Å². The van der Waals surface area contributed by atoms with Gasteiger partial charge in [-0.25, -0.2) is 31.1 Å². The van der Waals surface area contributed by atoms with Crippen molar-refractivity contribution in [2.24, 2.45) is 5.73 Å². The van der Waals surface area contributed by atoms with Crippen molar-refractivity contribution in [2.45, 2.75) is 38.1 Å². The molecule has 0 saturated heterocycles. The van der Waals surface area contributed by atoms with Crippen LogP contribution in [0.5, 0.6) is 11.5 Å². The number of fused-ring (bicyclic) bond motifs is 2. The van der Waals surface area contributed by atoms with Crippen LogP contribution < -0.4 is 31.2 Å². The number of aliphatic hydroxyl groups is 1. The van der Waals surface area contributed by atoms with E-state index in [1.165, 1.54) is 18.2 Å². The monoisotopic (exact) mass is 924 g/mol. The third kappa shape index (κ3) is 12.7. The molecule has 340 valence electrons. The number of anilines is 2. The van der Waals surface area contributed by atoms with Gasteiger partial charge in [-0.3, -0.25) is 19.6 Å². The number of nitrogens with two attached hydrogens (primary N) is 1. The van der Waals surface area contributed by atoms with E-state index in [9.17, 15) is 40.7 Å². The van der Waals surface area contributed by atoms with E-state index in [0.29, 0.717) is 35.4 Å². The van der Waals surface area contributed by atoms with E-state index in [4.69, 9.17) is 25.1 Å². The van der Waals surface area contributed by atoms with Crippen LogP contribution in [0.25, 0.3) is 0 Å². The number of alkyl carbamates (subject to hydrolysis) is 1. The summed E-state index contributed by atoms with van der Waals surface area (Å²) in [5, 5.41) is 15.8. The van der Waals surface area contributed by atoms with Crippen LogP contribution in [0, 0.1) is 34.9 Å². The molecule has 4 heterocycles. The highest BCUT2D eigenvalue weighted by atomic mass is 35.5. The summed E-state index contributed by atoms with van der Waals surface area (Å²) in [7, 11) is 0. The first-order chi connectivity index (χ1) is 30.8. The fourth-order valence-electron chi connectivity index (χ4n) is 6.31. The van der Waals surface area contributed by atoms with Crippen molar-refractivity contribution < 1.29 is 60.0 Å². The van der Waals surface area contributed by atoms with Crippen molar-refractivity contribution in [3.63, 3.8) is 0 Å². The Bertz CT molecular complexity index is 2620. The van der Waals surface area contributed by atoms with Crippen molar-refractivity contribution in [3.8, 4) is 11.5 Å². The van der Waals surface area contributed by atoms with Gasteiger partial charge in [0.15, 0.2) is 23.3 Å². The molecule has 0 radical (unpaired) electrons. The maximum Gasteiger partial charge on any atom is 0.408 e. The zero-order chi connectivity index (χ0) is 45.8. The normalized spacial score (nSPS) is 14.3. The molecule has 2 aliphatic rings. The number of nitrogens with one attached hydrogen (secondary N) is 3. The number of halogens is 7. The minimum absolute atomic E-state index is 0. The average molecular weight is 925 g/mol. The SMILES string of the molecule is Cl.N[C@H]1CCOc2c1ccc(F)c2C(=O)Nc1ccc(F)c(F)c1.O=C(N[C@H]1CCOc2c1ccc(F)c2C(=O)Nc1ccc(F)c(F)c1)OCc1ccccn1.OCc1ccccn1. The zero-order valence-electron chi connectivity index (χ0n) is 33.8. The molecule has 6 N–H and O–H groups in total. The van der Waals surface area contributed by atoms with Crippen molar-refractivity contribution in [1.82, 2.24) is 15.3 Å². The molecule has 2 atom stereocenters. The Labute approximate surface area is 373 Å². The Morgan fingerprint density at radius 3 is 1.63 bits per heavy atom. The topological polar surface area (TPSA) is 187 Å². The highest BCUT2D eigenvalue weighted by molar-refractivity contribution is 6.07. The predicted octanol–water partition coefficient (Wildman–Crippen LogP) is 8.64. The molecule has 0 aliphatic carbocycles. The molecule has 3 amide bonds. The molecule has 65 heavy (non-hydrogen) atoms. The number of carbonyl (C=O) groups excluding carboxylic acids is 3. The van der Waals surface area contributed by atoms with Gasteiger partial charge in [-0.2, -0.15) is 0 Å². The van der Waals surface area contributed by atoms with Gasteiger partial charge in [0.2, 0.25) is 0 Å². The van der Waals surface area contributed by atoms with Crippen molar-refractivity contribution in [2.75, 3.05) is 23.8 Å². The molecule has 2 aliphatic heterocycles. The summed E-state index contributed by atoms with van der Waals surface area (Å²) < 4.78 is 97.5. The second-order valence-electron chi connectivity index (χ2n) is 13.8. The van der Waals surface area contributed by atoms with Gasteiger partial charge in [0.1, 0.15) is 40.9 Å². The van der Waals surface area contributed by atoms with Crippen molar-refractivity contribution in [3.05, 3.63) is 178 Å². The summed E-state index contributed by atoms with van der Waals surface area (Å²) in [4.78, 5) is 45.2. The molecule has 6 aromatic rings. The maximum atomic E-state index is 14.6. The van der Waals surface area contributed by atoms with Gasteiger partial charge in [0, 0.05) is 65.9 Å². The van der Waals surface area contributed by atoms with E-state index in [1.54, 1.807) is 36.7 Å². The van der Waals surface area contributed by atoms with Gasteiger partial charge < -0.3 is 41.0 Å². The maximum absolute atomic E-state index is 14.6. The average Bonchev–Trinajstić information content (AvgIpc) is 3.29. The lowest BCUT2D eigenvalue weighted by molar-refractivity contribution is 0.100. The van der Waals surface area contributed by atoms with E-state index < -0.39 is 64.4 Å². The molecule has 0 saturated carbocycles. The number of aromatic nitrogens is 2. The van der Waals surface area contributed by atoms with Gasteiger partial charge in [0.25, 0.3) is 11.8 Å². The van der Waals surface area contributed by atoms with Crippen LogP contribution >= 0.6 is 12.4 Å². The van der Waals surface area contributed by atoms with Gasteiger partial charge in [-0.1, -0.05) is 24.3 Å². The molecule has 0 fully saturated rings. The highest BCUT2D eigenvalue weighted by Crippen LogP contribution is 2.38. The fraction of sp³-hybridized carbons (Fsp3) is 0.178. The first kappa shape index (κ1) is 48.8. The standard InChI is InChI=1S/C23H18F3N3O4.C16H13F3N2O2.C6H7NO.ClH/c24-16-6-4-13(11-18(16)26)28-22(30)20-17(25)7-5-15-19(8-10-32-21(15)20)29-23(31)33-12-14-3-1-2-9-27-14;17-10-3-1-8(7-12(10)19)21-16(22)14-11(18)4-2-9-13(20)5-6-23-15(9)14;8-5-6-3-1-2-4-7-6;/h1-7,9,11,19H,8,10,12H2,(H,28,30)(H,29,31);1-4,7,13H,5-6,20H2,(H,21,22);1-4,8H,5H2;1H/t19-;13-;;/m00../s1. The number of carbonyl (C=O) groups is 3. The molecule has 4 aromatic carbocycles. The number of amides is 3. The lowest BCUT2D eigenvalue weighted by Gasteiger charge is -2.28. The van der Waals surface area contributed by atoms with Gasteiger partial charge in [-0.15, -0.1) is 12.4 Å². The van der Waals surface area contributed by atoms with Crippen LogP contribution in [0.4, 0.5) is 42.5 Å². The van der Waals surface area contributed by atoms with E-state index in [0.717, 1.165) is 42.5 Å². The molecule has 0 bridgehead atoms. The second kappa shape index (κ2) is 22.9. The van der Waals surface area contributed by atoms with E-state index in [1.807, 2.05) is 12.1 Å². The summed E-state index contributed by atoms with van der Waals surface area (Å²) in [5.74, 6) is -7.73. The van der Waals surface area contributed by atoms with Gasteiger partial charge in [0.05, 0.1) is 37.3 Å². The highest BCUT2D eigenvalue weighted by Gasteiger charge is 2.31. The lowest BCUT2D eigenvalue weighted by atomic mass is 9.97. The Morgan fingerprint density at radius 2 is 1.14 bits per heavy atom. The summed E-state index contributed by atoms with van der Waals surface area (Å²) in [5.41, 5.74) is 7.36. The first-order valence-corrected chi connectivity index (χ1v) is 19.4. The van der Waals surface area contributed by atoms with Crippen LogP contribution in [-0.2, 0) is 18.0 Å². The first-order valence-electron chi connectivity index (χ1n) is 19.4. The molecule has 0 unspecified atom stereocenters. The number of pyridine rings is 2. The summed E-state index contributed by atoms with van der Waals surface area (Å²) in [6.45, 7) is 0.366. The van der Waals surface area contributed by atoms with Crippen LogP contribution in [-0.4, -0.2) is 46.2 Å². The van der Waals surface area contributed by atoms with Gasteiger partial charge in [-0.05, 0) is 60.7 Å². The minimum Gasteiger partial charge on any atom is -0.492 e. The number of aliphatic hydroxyl groups excluding tert-OH is 1. The fourth-order valence-corrected chi connectivity index (χ4v) is 6.31. The van der Waals surface area contributed by atoms with E-state index in [-0.39, 0.29) is 73.3 Å². The number of hydrogen-bond donors (Lipinski definition) is 5. The number of hydrogen-bond acceptors (Lipinski definition) is 10. The Hall–Kier alpha value is -7.22. The summed E-state index contributed by atoms with van der Waals surface area (Å²) in [6.07, 6.45) is 3.44. The largest absolute Gasteiger partial charge is 0.492 e. The number of ether oxygens (including phenoxy) is 3. The number of nitrogens with zero attached hydrogens (tertiary/aromatic N) is 2. The molecule has 13 nitrogen and oxygen atoms in total. The zero-order valence-corrected chi connectivity index (χ0v) is 34.7. The molecule has 2 aromatic heterocycles. The molecule has 20 heteroatoms. The van der Waals surface area contributed by atoms with Crippen LogP contribution in [0.3, 0.4) is 0 Å². The van der Waals surface area contributed by atoms with Crippen LogP contribution in [0.1, 0.15) is 68.2 Å². The number of rotatable bonds is 8. The summed E-state index contributed by atoms with van der Waals surface area (Å²) >= 11 is 0. The smallest absolute Gasteiger partial charge is 0.408 e. The van der Waals surface area contributed by atoms with E-state index >= 15 is 0 Å². The van der Waals surface area contributed by atoms with Crippen LogP contribution in [0.2, 0.25) is 0 Å².